The summed E-state index contributed by atoms with van der Waals surface area (Å²) < 4.78 is 5.89. The van der Waals surface area contributed by atoms with Crippen LogP contribution in [-0.4, -0.2) is 5.60 Å². The van der Waals surface area contributed by atoms with E-state index in [9.17, 15) is 0 Å². The van der Waals surface area contributed by atoms with E-state index < -0.39 is 0 Å². The molecule has 92 valence electrons. The second-order valence-electron chi connectivity index (χ2n) is 6.00. The van der Waals surface area contributed by atoms with Crippen LogP contribution in [0.15, 0.2) is 18.2 Å². The van der Waals surface area contributed by atoms with Crippen molar-refractivity contribution >= 4 is 11.6 Å². The topological polar surface area (TPSA) is 9.23 Å². The Balaban J connectivity index is 1.85. The summed E-state index contributed by atoms with van der Waals surface area (Å²) in [6, 6.07) is 6.48. The lowest BCUT2D eigenvalue weighted by atomic mass is 9.80. The molecule has 1 aliphatic carbocycles. The highest BCUT2D eigenvalue weighted by Gasteiger charge is 2.32. The van der Waals surface area contributed by atoms with E-state index in [0.717, 1.165) is 12.2 Å². The van der Waals surface area contributed by atoms with E-state index in [1.54, 1.807) is 0 Å². The number of hydrogen-bond acceptors (Lipinski definition) is 1. The van der Waals surface area contributed by atoms with Crippen LogP contribution in [0.2, 0.25) is 0 Å². The fourth-order valence-corrected chi connectivity index (χ4v) is 3.19. The number of hydrogen-bond donors (Lipinski definition) is 0. The molecule has 0 bridgehead atoms. The zero-order valence-corrected chi connectivity index (χ0v) is 11.3. The zero-order valence-electron chi connectivity index (χ0n) is 10.5. The summed E-state index contributed by atoms with van der Waals surface area (Å²) in [6.07, 6.45) is 4.90. The number of rotatable bonds is 2. The number of ether oxygens (including phenoxy) is 1. The standard InChI is InChI=1S/C15H19ClO/c1-15(2)9-12-8-11(6-7-13(12)17-15)14(16)10-4-3-5-10/h6-8,10,14H,3-5,9H2,1-2H3. The maximum atomic E-state index is 6.54. The number of alkyl halides is 1. The van der Waals surface area contributed by atoms with E-state index in [0.29, 0.717) is 5.92 Å². The van der Waals surface area contributed by atoms with Crippen LogP contribution in [0.3, 0.4) is 0 Å². The van der Waals surface area contributed by atoms with Crippen molar-refractivity contribution in [1.29, 1.82) is 0 Å². The van der Waals surface area contributed by atoms with E-state index in [1.807, 2.05) is 0 Å². The van der Waals surface area contributed by atoms with Gasteiger partial charge in [0.05, 0.1) is 5.38 Å². The molecule has 1 aromatic carbocycles. The van der Waals surface area contributed by atoms with E-state index in [-0.39, 0.29) is 11.0 Å². The molecule has 1 heterocycles. The number of fused-ring (bicyclic) bond motifs is 1. The first kappa shape index (κ1) is 11.4. The van der Waals surface area contributed by atoms with Crippen molar-refractivity contribution in [3.63, 3.8) is 0 Å². The minimum atomic E-state index is -0.0563. The summed E-state index contributed by atoms with van der Waals surface area (Å²) in [4.78, 5) is 0. The predicted molar refractivity (Wildman–Crippen MR) is 70.8 cm³/mol. The SMILES string of the molecule is CC1(C)Cc2cc(C(Cl)C3CCC3)ccc2O1. The van der Waals surface area contributed by atoms with E-state index in [2.05, 4.69) is 32.0 Å². The molecule has 0 amide bonds. The Morgan fingerprint density at radius 3 is 2.76 bits per heavy atom. The molecule has 0 radical (unpaired) electrons. The first-order valence-corrected chi connectivity index (χ1v) is 6.95. The third kappa shape index (κ3) is 2.06. The molecule has 1 atom stereocenters. The fraction of sp³-hybridized carbons (Fsp3) is 0.600. The van der Waals surface area contributed by atoms with Gasteiger partial charge in [0.25, 0.3) is 0 Å². The molecular formula is C15H19ClO. The average Bonchev–Trinajstić information content (AvgIpc) is 2.47. The van der Waals surface area contributed by atoms with E-state index in [1.165, 1.54) is 30.4 Å². The summed E-state index contributed by atoms with van der Waals surface area (Å²) in [6.45, 7) is 4.27. The third-order valence-electron chi connectivity index (χ3n) is 3.97. The molecule has 0 aromatic heterocycles. The van der Waals surface area contributed by atoms with Crippen molar-refractivity contribution in [2.24, 2.45) is 5.92 Å². The Labute approximate surface area is 108 Å². The van der Waals surface area contributed by atoms with Gasteiger partial charge in [-0.05, 0) is 49.8 Å². The molecule has 1 nitrogen and oxygen atoms in total. The molecule has 0 N–H and O–H groups in total. The van der Waals surface area contributed by atoms with Gasteiger partial charge in [-0.15, -0.1) is 11.6 Å². The maximum absolute atomic E-state index is 6.54. The smallest absolute Gasteiger partial charge is 0.123 e. The van der Waals surface area contributed by atoms with Crippen LogP contribution in [0.4, 0.5) is 0 Å². The number of benzene rings is 1. The van der Waals surface area contributed by atoms with Crippen LogP contribution in [0.1, 0.15) is 49.6 Å². The summed E-state index contributed by atoms with van der Waals surface area (Å²) >= 11 is 6.54. The molecule has 0 spiro atoms. The minimum Gasteiger partial charge on any atom is -0.487 e. The van der Waals surface area contributed by atoms with Crippen molar-refractivity contribution < 1.29 is 4.74 Å². The monoisotopic (exact) mass is 250 g/mol. The van der Waals surface area contributed by atoms with Crippen molar-refractivity contribution in [3.8, 4) is 5.75 Å². The molecular weight excluding hydrogens is 232 g/mol. The Hall–Kier alpha value is -0.690. The Kier molecular flexibility index (Phi) is 2.62. The van der Waals surface area contributed by atoms with Gasteiger partial charge in [-0.25, -0.2) is 0 Å². The lowest BCUT2D eigenvalue weighted by Gasteiger charge is -2.30. The minimum absolute atomic E-state index is 0.0563. The van der Waals surface area contributed by atoms with Gasteiger partial charge in [0.1, 0.15) is 11.4 Å². The zero-order chi connectivity index (χ0) is 12.0. The fourth-order valence-electron chi connectivity index (χ4n) is 2.81. The molecule has 1 aromatic rings. The van der Waals surface area contributed by atoms with Crippen LogP contribution in [-0.2, 0) is 6.42 Å². The quantitative estimate of drug-likeness (QED) is 0.704. The van der Waals surface area contributed by atoms with Gasteiger partial charge in [0.2, 0.25) is 0 Å². The Morgan fingerprint density at radius 2 is 2.12 bits per heavy atom. The molecule has 0 saturated heterocycles. The number of halogens is 1. The van der Waals surface area contributed by atoms with E-state index in [4.69, 9.17) is 16.3 Å². The highest BCUT2D eigenvalue weighted by atomic mass is 35.5. The van der Waals surface area contributed by atoms with Gasteiger partial charge in [0, 0.05) is 6.42 Å². The predicted octanol–water partition coefficient (Wildman–Crippen LogP) is 4.48. The second kappa shape index (κ2) is 3.91. The maximum Gasteiger partial charge on any atom is 0.123 e. The summed E-state index contributed by atoms with van der Waals surface area (Å²) in [5.74, 6) is 1.72. The van der Waals surface area contributed by atoms with Gasteiger partial charge in [-0.1, -0.05) is 18.6 Å². The first-order valence-electron chi connectivity index (χ1n) is 6.51. The van der Waals surface area contributed by atoms with Crippen LogP contribution >= 0.6 is 11.6 Å². The lowest BCUT2D eigenvalue weighted by molar-refractivity contribution is 0.138. The van der Waals surface area contributed by atoms with Gasteiger partial charge in [-0.3, -0.25) is 0 Å². The Morgan fingerprint density at radius 1 is 1.35 bits per heavy atom. The van der Waals surface area contributed by atoms with Crippen LogP contribution in [0, 0.1) is 5.92 Å². The largest absolute Gasteiger partial charge is 0.487 e. The van der Waals surface area contributed by atoms with Crippen molar-refractivity contribution in [3.05, 3.63) is 29.3 Å². The normalized spacial score (nSPS) is 23.7. The molecule has 2 aliphatic rings. The van der Waals surface area contributed by atoms with Crippen LogP contribution in [0.25, 0.3) is 0 Å². The van der Waals surface area contributed by atoms with Gasteiger partial charge in [-0.2, -0.15) is 0 Å². The summed E-state index contributed by atoms with van der Waals surface area (Å²) in [5.41, 5.74) is 2.54. The van der Waals surface area contributed by atoms with Gasteiger partial charge >= 0.3 is 0 Å². The second-order valence-corrected chi connectivity index (χ2v) is 6.47. The van der Waals surface area contributed by atoms with Gasteiger partial charge < -0.3 is 4.74 Å². The van der Waals surface area contributed by atoms with Gasteiger partial charge in [0.15, 0.2) is 0 Å². The lowest BCUT2D eigenvalue weighted by Crippen LogP contribution is -2.24. The van der Waals surface area contributed by atoms with Crippen LogP contribution < -0.4 is 4.74 Å². The molecule has 1 fully saturated rings. The molecule has 2 heteroatoms. The summed E-state index contributed by atoms with van der Waals surface area (Å²) in [5, 5.41) is 0.192. The first-order chi connectivity index (χ1) is 8.05. The van der Waals surface area contributed by atoms with Crippen molar-refractivity contribution in [1.82, 2.24) is 0 Å². The Bertz CT molecular complexity index is 435. The van der Waals surface area contributed by atoms with E-state index >= 15 is 0 Å². The molecule has 1 saturated carbocycles. The average molecular weight is 251 g/mol. The highest BCUT2D eigenvalue weighted by molar-refractivity contribution is 6.21. The van der Waals surface area contributed by atoms with Crippen molar-refractivity contribution in [2.75, 3.05) is 0 Å². The molecule has 3 rings (SSSR count). The van der Waals surface area contributed by atoms with Crippen molar-refractivity contribution in [2.45, 2.75) is 50.5 Å². The van der Waals surface area contributed by atoms with Crippen LogP contribution in [0.5, 0.6) is 5.75 Å². The third-order valence-corrected chi connectivity index (χ3v) is 4.58. The highest BCUT2D eigenvalue weighted by Crippen LogP contribution is 2.44. The molecule has 1 unspecified atom stereocenters. The molecule has 17 heavy (non-hydrogen) atoms. The molecule has 1 aliphatic heterocycles. The summed E-state index contributed by atoms with van der Waals surface area (Å²) in [7, 11) is 0.